The van der Waals surface area contributed by atoms with Crippen LogP contribution >= 0.6 is 0 Å². The zero-order valence-electron chi connectivity index (χ0n) is 15.4. The Labute approximate surface area is 158 Å². The number of pyridine rings is 1. The van der Waals surface area contributed by atoms with Crippen molar-refractivity contribution < 1.29 is 18.9 Å². The number of rotatable bonds is 5. The van der Waals surface area contributed by atoms with Gasteiger partial charge in [-0.25, -0.2) is 0 Å². The quantitative estimate of drug-likeness (QED) is 0.685. The molecule has 5 nitrogen and oxygen atoms in total. The van der Waals surface area contributed by atoms with Crippen LogP contribution in [0.15, 0.2) is 54.7 Å². The molecule has 0 bridgehead atoms. The van der Waals surface area contributed by atoms with E-state index in [1.54, 1.807) is 13.3 Å². The zero-order chi connectivity index (χ0) is 18.5. The summed E-state index contributed by atoms with van der Waals surface area (Å²) in [7, 11) is 1.67. The van der Waals surface area contributed by atoms with E-state index < -0.39 is 0 Å². The third-order valence-corrected chi connectivity index (χ3v) is 4.62. The normalized spacial score (nSPS) is 15.4. The van der Waals surface area contributed by atoms with Crippen molar-refractivity contribution in [3.63, 3.8) is 0 Å². The molecule has 0 amide bonds. The molecule has 0 saturated carbocycles. The molecule has 0 aliphatic carbocycles. The van der Waals surface area contributed by atoms with Crippen LogP contribution in [0.5, 0.6) is 11.5 Å². The predicted molar refractivity (Wildman–Crippen MR) is 104 cm³/mol. The minimum absolute atomic E-state index is 0.230. The van der Waals surface area contributed by atoms with Crippen molar-refractivity contribution in [1.82, 2.24) is 4.98 Å². The standard InChI is InChI=1S/C22H23NO4/c1-24-20-10-19(17-4-5-22-18(9-17)3-2-6-23-22)11-21(12-20)27-15-16-13-25-7-8-26-14-16/h2-6,9-12,16H,7-8,13-15H2,1H3. The molecule has 1 fully saturated rings. The average molecular weight is 365 g/mol. The SMILES string of the molecule is COc1cc(OCC2COCCOC2)cc(-c2ccc3ncccc3c2)c1. The van der Waals surface area contributed by atoms with E-state index in [0.29, 0.717) is 33.0 Å². The van der Waals surface area contributed by atoms with E-state index in [1.807, 2.05) is 30.3 Å². The van der Waals surface area contributed by atoms with Crippen molar-refractivity contribution in [3.8, 4) is 22.6 Å². The molecule has 2 heterocycles. The van der Waals surface area contributed by atoms with Gasteiger partial charge in [0.15, 0.2) is 0 Å². The van der Waals surface area contributed by atoms with Crippen molar-refractivity contribution in [2.75, 3.05) is 40.1 Å². The Morgan fingerprint density at radius 2 is 1.78 bits per heavy atom. The summed E-state index contributed by atoms with van der Waals surface area (Å²) in [6.45, 7) is 3.17. The highest BCUT2D eigenvalue weighted by Gasteiger charge is 2.15. The first-order chi connectivity index (χ1) is 13.3. The monoisotopic (exact) mass is 365 g/mol. The molecule has 1 aliphatic heterocycles. The van der Waals surface area contributed by atoms with Gasteiger partial charge in [0.2, 0.25) is 0 Å². The second-order valence-corrected chi connectivity index (χ2v) is 6.63. The molecule has 0 unspecified atom stereocenters. The number of hydrogen-bond donors (Lipinski definition) is 0. The van der Waals surface area contributed by atoms with Crippen LogP contribution in [0, 0.1) is 5.92 Å². The smallest absolute Gasteiger partial charge is 0.123 e. The largest absolute Gasteiger partial charge is 0.497 e. The van der Waals surface area contributed by atoms with Gasteiger partial charge in [-0.1, -0.05) is 12.1 Å². The first kappa shape index (κ1) is 17.8. The lowest BCUT2D eigenvalue weighted by atomic mass is 10.0. The molecule has 0 radical (unpaired) electrons. The fraction of sp³-hybridized carbons (Fsp3) is 0.318. The van der Waals surface area contributed by atoms with Gasteiger partial charge in [-0.05, 0) is 41.5 Å². The van der Waals surface area contributed by atoms with Gasteiger partial charge in [0.1, 0.15) is 11.5 Å². The highest BCUT2D eigenvalue weighted by molar-refractivity contribution is 5.84. The van der Waals surface area contributed by atoms with E-state index in [1.165, 1.54) is 0 Å². The Morgan fingerprint density at radius 3 is 2.59 bits per heavy atom. The number of methoxy groups -OCH3 is 1. The Bertz CT molecular complexity index is 904. The fourth-order valence-corrected chi connectivity index (χ4v) is 3.17. The van der Waals surface area contributed by atoms with Gasteiger partial charge >= 0.3 is 0 Å². The van der Waals surface area contributed by atoms with Gasteiger partial charge in [-0.15, -0.1) is 0 Å². The summed E-state index contributed by atoms with van der Waals surface area (Å²) in [5.41, 5.74) is 3.12. The minimum Gasteiger partial charge on any atom is -0.497 e. The van der Waals surface area contributed by atoms with E-state index in [-0.39, 0.29) is 5.92 Å². The second-order valence-electron chi connectivity index (χ2n) is 6.63. The number of benzene rings is 2. The molecule has 2 aromatic carbocycles. The number of aromatic nitrogens is 1. The summed E-state index contributed by atoms with van der Waals surface area (Å²) >= 11 is 0. The zero-order valence-corrected chi connectivity index (χ0v) is 15.4. The van der Waals surface area contributed by atoms with E-state index in [0.717, 1.165) is 33.5 Å². The van der Waals surface area contributed by atoms with Gasteiger partial charge < -0.3 is 18.9 Å². The molecule has 3 aromatic rings. The van der Waals surface area contributed by atoms with Crippen LogP contribution in [0.1, 0.15) is 0 Å². The van der Waals surface area contributed by atoms with E-state index >= 15 is 0 Å². The third kappa shape index (κ3) is 4.38. The summed E-state index contributed by atoms with van der Waals surface area (Å²) in [6.07, 6.45) is 1.81. The summed E-state index contributed by atoms with van der Waals surface area (Å²) in [5, 5.41) is 1.10. The van der Waals surface area contributed by atoms with E-state index in [9.17, 15) is 0 Å². The van der Waals surface area contributed by atoms with Crippen molar-refractivity contribution in [2.24, 2.45) is 5.92 Å². The molecule has 4 rings (SSSR count). The van der Waals surface area contributed by atoms with Crippen LogP contribution in [0.2, 0.25) is 0 Å². The third-order valence-electron chi connectivity index (χ3n) is 4.62. The highest BCUT2D eigenvalue weighted by Crippen LogP contribution is 2.31. The maximum atomic E-state index is 6.04. The molecular formula is C22H23NO4. The van der Waals surface area contributed by atoms with Crippen LogP contribution in [0.25, 0.3) is 22.0 Å². The fourth-order valence-electron chi connectivity index (χ4n) is 3.17. The molecule has 0 atom stereocenters. The number of fused-ring (bicyclic) bond motifs is 1. The summed E-state index contributed by atoms with van der Waals surface area (Å²) < 4.78 is 22.6. The summed E-state index contributed by atoms with van der Waals surface area (Å²) in [5.74, 6) is 1.77. The van der Waals surface area contributed by atoms with Gasteiger partial charge in [0.05, 0.1) is 45.7 Å². The lowest BCUT2D eigenvalue weighted by Crippen LogP contribution is -2.20. The summed E-state index contributed by atoms with van der Waals surface area (Å²) in [6, 6.07) is 16.2. The van der Waals surface area contributed by atoms with E-state index in [4.69, 9.17) is 18.9 Å². The second kappa shape index (κ2) is 8.37. The lowest BCUT2D eigenvalue weighted by molar-refractivity contribution is 0.101. The Balaban J connectivity index is 1.57. The number of ether oxygens (including phenoxy) is 4. The Hall–Kier alpha value is -2.63. The Morgan fingerprint density at radius 1 is 0.963 bits per heavy atom. The molecule has 140 valence electrons. The molecule has 1 aromatic heterocycles. The Kier molecular flexibility index (Phi) is 5.51. The molecule has 27 heavy (non-hydrogen) atoms. The van der Waals surface area contributed by atoms with E-state index in [2.05, 4.69) is 23.2 Å². The number of hydrogen-bond acceptors (Lipinski definition) is 5. The molecule has 0 spiro atoms. The first-order valence-electron chi connectivity index (χ1n) is 9.14. The molecule has 1 saturated heterocycles. The van der Waals surface area contributed by atoms with Crippen molar-refractivity contribution >= 4 is 10.9 Å². The predicted octanol–water partition coefficient (Wildman–Crippen LogP) is 3.95. The van der Waals surface area contributed by atoms with Crippen LogP contribution in [0.4, 0.5) is 0 Å². The topological polar surface area (TPSA) is 49.8 Å². The molecule has 1 aliphatic rings. The average Bonchev–Trinajstić information content (AvgIpc) is 3.00. The van der Waals surface area contributed by atoms with Gasteiger partial charge in [0, 0.05) is 23.6 Å². The van der Waals surface area contributed by atoms with Gasteiger partial charge in [0.25, 0.3) is 0 Å². The van der Waals surface area contributed by atoms with Gasteiger partial charge in [-0.3, -0.25) is 4.98 Å². The molecule has 5 heteroatoms. The van der Waals surface area contributed by atoms with Crippen LogP contribution in [0.3, 0.4) is 0 Å². The van der Waals surface area contributed by atoms with Crippen LogP contribution in [-0.4, -0.2) is 45.1 Å². The van der Waals surface area contributed by atoms with Crippen molar-refractivity contribution in [1.29, 1.82) is 0 Å². The molecular weight excluding hydrogens is 342 g/mol. The molecule has 0 N–H and O–H groups in total. The maximum Gasteiger partial charge on any atom is 0.123 e. The van der Waals surface area contributed by atoms with Gasteiger partial charge in [-0.2, -0.15) is 0 Å². The maximum absolute atomic E-state index is 6.04. The minimum atomic E-state index is 0.230. The highest BCUT2D eigenvalue weighted by atomic mass is 16.5. The number of nitrogens with zero attached hydrogens (tertiary/aromatic N) is 1. The van der Waals surface area contributed by atoms with Crippen LogP contribution < -0.4 is 9.47 Å². The summed E-state index contributed by atoms with van der Waals surface area (Å²) in [4.78, 5) is 4.38. The first-order valence-corrected chi connectivity index (χ1v) is 9.14. The van der Waals surface area contributed by atoms with Crippen molar-refractivity contribution in [2.45, 2.75) is 0 Å². The van der Waals surface area contributed by atoms with Crippen LogP contribution in [-0.2, 0) is 9.47 Å². The lowest BCUT2D eigenvalue weighted by Gasteiger charge is -2.16. The van der Waals surface area contributed by atoms with Crippen molar-refractivity contribution in [3.05, 3.63) is 54.7 Å².